The van der Waals surface area contributed by atoms with Crippen molar-refractivity contribution >= 4 is 23.8 Å². The standard InChI is InChI=1S/C14H15N3O6/c1-3-23-14(20)12(9(2)18)8-15-16-13(19)10-4-6-11(7-5-10)17(21)22/h4-8,18H,3H2,1-2H3,(H,16,19)/b12-9+,15-8+. The number of carbonyl (C=O) groups excluding carboxylic acids is 2. The van der Waals surface area contributed by atoms with Crippen LogP contribution in [0.15, 0.2) is 40.7 Å². The van der Waals surface area contributed by atoms with Gasteiger partial charge < -0.3 is 9.84 Å². The zero-order chi connectivity index (χ0) is 17.4. The number of hydrogen-bond donors (Lipinski definition) is 2. The second-order valence-corrected chi connectivity index (χ2v) is 4.22. The lowest BCUT2D eigenvalue weighted by atomic mass is 10.2. The molecule has 0 bridgehead atoms. The fourth-order valence-electron chi connectivity index (χ4n) is 1.46. The van der Waals surface area contributed by atoms with Crippen molar-refractivity contribution in [3.8, 4) is 0 Å². The Hall–Kier alpha value is -3.23. The number of nitrogens with one attached hydrogen (secondary N) is 1. The lowest BCUT2D eigenvalue weighted by molar-refractivity contribution is -0.384. The van der Waals surface area contributed by atoms with Gasteiger partial charge in [0.2, 0.25) is 0 Å². The van der Waals surface area contributed by atoms with Gasteiger partial charge >= 0.3 is 5.97 Å². The molecule has 2 N–H and O–H groups in total. The Kier molecular flexibility index (Phi) is 6.41. The third-order valence-corrected chi connectivity index (χ3v) is 2.59. The van der Waals surface area contributed by atoms with E-state index in [0.717, 1.165) is 6.21 Å². The molecule has 9 nitrogen and oxygen atoms in total. The van der Waals surface area contributed by atoms with Crippen molar-refractivity contribution in [3.05, 3.63) is 51.3 Å². The van der Waals surface area contributed by atoms with E-state index >= 15 is 0 Å². The Labute approximate surface area is 131 Å². The van der Waals surface area contributed by atoms with E-state index in [0.29, 0.717) is 0 Å². The van der Waals surface area contributed by atoms with Crippen LogP contribution in [-0.4, -0.2) is 34.7 Å². The van der Waals surface area contributed by atoms with Gasteiger partial charge in [-0.25, -0.2) is 10.2 Å². The molecular weight excluding hydrogens is 306 g/mol. The number of allylic oxidation sites excluding steroid dienone is 1. The number of nitrogens with zero attached hydrogens (tertiary/aromatic N) is 2. The van der Waals surface area contributed by atoms with E-state index in [1.54, 1.807) is 6.92 Å². The molecule has 0 aliphatic carbocycles. The molecule has 0 saturated heterocycles. The minimum atomic E-state index is -0.777. The number of hydrogen-bond acceptors (Lipinski definition) is 7. The number of nitro groups is 1. The van der Waals surface area contributed by atoms with Crippen molar-refractivity contribution in [2.24, 2.45) is 5.10 Å². The van der Waals surface area contributed by atoms with Gasteiger partial charge in [-0.2, -0.15) is 5.10 Å². The number of ether oxygens (including phenoxy) is 1. The molecule has 1 rings (SSSR count). The van der Waals surface area contributed by atoms with Crippen molar-refractivity contribution in [3.63, 3.8) is 0 Å². The lowest BCUT2D eigenvalue weighted by Gasteiger charge is -2.03. The smallest absolute Gasteiger partial charge is 0.343 e. The van der Waals surface area contributed by atoms with Crippen molar-refractivity contribution in [2.75, 3.05) is 6.61 Å². The second kappa shape index (κ2) is 8.27. The van der Waals surface area contributed by atoms with Gasteiger partial charge in [-0.3, -0.25) is 14.9 Å². The summed E-state index contributed by atoms with van der Waals surface area (Å²) in [6.45, 7) is 3.00. The third-order valence-electron chi connectivity index (χ3n) is 2.59. The van der Waals surface area contributed by atoms with E-state index in [-0.39, 0.29) is 29.2 Å². The molecule has 0 spiro atoms. The van der Waals surface area contributed by atoms with Crippen LogP contribution in [0.3, 0.4) is 0 Å². The maximum atomic E-state index is 11.8. The predicted octanol–water partition coefficient (Wildman–Crippen LogP) is 1.71. The first-order valence-corrected chi connectivity index (χ1v) is 6.51. The van der Waals surface area contributed by atoms with Gasteiger partial charge in [-0.15, -0.1) is 0 Å². The Morgan fingerprint density at radius 2 is 2.00 bits per heavy atom. The van der Waals surface area contributed by atoms with Crippen LogP contribution >= 0.6 is 0 Å². The number of aliphatic hydroxyl groups excluding tert-OH is 1. The second-order valence-electron chi connectivity index (χ2n) is 4.22. The molecule has 1 aromatic carbocycles. The fourth-order valence-corrected chi connectivity index (χ4v) is 1.46. The zero-order valence-corrected chi connectivity index (χ0v) is 12.5. The Bertz CT molecular complexity index is 660. The first-order valence-electron chi connectivity index (χ1n) is 6.51. The number of amides is 1. The first-order chi connectivity index (χ1) is 10.9. The summed E-state index contributed by atoms with van der Waals surface area (Å²) in [7, 11) is 0. The minimum Gasteiger partial charge on any atom is -0.512 e. The summed E-state index contributed by atoms with van der Waals surface area (Å²) in [6.07, 6.45) is 0.955. The molecule has 23 heavy (non-hydrogen) atoms. The molecule has 122 valence electrons. The highest BCUT2D eigenvalue weighted by Gasteiger charge is 2.12. The van der Waals surface area contributed by atoms with Gasteiger partial charge in [-0.05, 0) is 26.0 Å². The van der Waals surface area contributed by atoms with E-state index in [1.807, 2.05) is 0 Å². The van der Waals surface area contributed by atoms with Crippen molar-refractivity contribution in [2.45, 2.75) is 13.8 Å². The molecule has 0 radical (unpaired) electrons. The van der Waals surface area contributed by atoms with Crippen molar-refractivity contribution < 1.29 is 24.4 Å². The van der Waals surface area contributed by atoms with E-state index < -0.39 is 16.8 Å². The maximum Gasteiger partial charge on any atom is 0.343 e. The van der Waals surface area contributed by atoms with Crippen molar-refractivity contribution in [1.82, 2.24) is 5.43 Å². The molecule has 0 fully saturated rings. The van der Waals surface area contributed by atoms with Gasteiger partial charge in [0.1, 0.15) is 11.3 Å². The monoisotopic (exact) mass is 321 g/mol. The molecule has 0 atom stereocenters. The van der Waals surface area contributed by atoms with Crippen LogP contribution in [0.4, 0.5) is 5.69 Å². The molecule has 0 saturated carbocycles. The molecule has 0 aromatic heterocycles. The average Bonchev–Trinajstić information content (AvgIpc) is 2.51. The van der Waals surface area contributed by atoms with E-state index in [1.165, 1.54) is 31.2 Å². The summed E-state index contributed by atoms with van der Waals surface area (Å²) >= 11 is 0. The van der Waals surface area contributed by atoms with Crippen molar-refractivity contribution in [1.29, 1.82) is 0 Å². The average molecular weight is 321 g/mol. The molecule has 9 heteroatoms. The van der Waals surface area contributed by atoms with Crippen LogP contribution < -0.4 is 5.43 Å². The summed E-state index contributed by atoms with van der Waals surface area (Å²) in [5.41, 5.74) is 1.94. The summed E-state index contributed by atoms with van der Waals surface area (Å²) in [4.78, 5) is 33.2. The van der Waals surface area contributed by atoms with Crippen LogP contribution in [0.5, 0.6) is 0 Å². The van der Waals surface area contributed by atoms with Crippen LogP contribution in [0.1, 0.15) is 24.2 Å². The molecule has 0 unspecified atom stereocenters. The van der Waals surface area contributed by atoms with E-state index in [4.69, 9.17) is 4.74 Å². The quantitative estimate of drug-likeness (QED) is 0.205. The number of hydrazone groups is 1. The van der Waals surface area contributed by atoms with Gasteiger partial charge in [0.15, 0.2) is 0 Å². The van der Waals surface area contributed by atoms with Gasteiger partial charge in [0.05, 0.1) is 17.7 Å². The van der Waals surface area contributed by atoms with Gasteiger partial charge in [-0.1, -0.05) is 0 Å². The number of benzene rings is 1. The Morgan fingerprint density at radius 1 is 1.39 bits per heavy atom. The molecule has 0 heterocycles. The topological polar surface area (TPSA) is 131 Å². The summed E-state index contributed by atoms with van der Waals surface area (Å²) in [6, 6.07) is 4.89. The number of non-ortho nitro benzene ring substituents is 1. The molecule has 0 aliphatic rings. The number of aliphatic hydroxyl groups is 1. The Morgan fingerprint density at radius 3 is 2.48 bits per heavy atom. The van der Waals surface area contributed by atoms with Gasteiger partial charge in [0, 0.05) is 17.7 Å². The third kappa shape index (κ3) is 5.23. The minimum absolute atomic E-state index is 0.124. The number of esters is 1. The van der Waals surface area contributed by atoms with E-state index in [2.05, 4.69) is 10.5 Å². The first kappa shape index (κ1) is 17.8. The number of carbonyl (C=O) groups is 2. The maximum absolute atomic E-state index is 11.8. The highest BCUT2D eigenvalue weighted by atomic mass is 16.6. The van der Waals surface area contributed by atoms with E-state index in [9.17, 15) is 24.8 Å². The fraction of sp³-hybridized carbons (Fsp3) is 0.214. The number of nitro benzene ring substituents is 1. The normalized spacial score (nSPS) is 11.7. The SMILES string of the molecule is CCOC(=O)C(/C=N/NC(=O)c1ccc([N+](=O)[O-])cc1)=C(\C)O. The summed E-state index contributed by atoms with van der Waals surface area (Å²) < 4.78 is 4.72. The molecular formula is C14H15N3O6. The molecule has 1 aromatic rings. The number of rotatable bonds is 6. The zero-order valence-electron chi connectivity index (χ0n) is 12.5. The lowest BCUT2D eigenvalue weighted by Crippen LogP contribution is -2.19. The van der Waals surface area contributed by atoms with Gasteiger partial charge in [0.25, 0.3) is 11.6 Å². The predicted molar refractivity (Wildman–Crippen MR) is 81.0 cm³/mol. The highest BCUT2D eigenvalue weighted by molar-refractivity contribution is 6.10. The molecule has 0 aliphatic heterocycles. The summed E-state index contributed by atoms with van der Waals surface area (Å²) in [5, 5.41) is 23.5. The highest BCUT2D eigenvalue weighted by Crippen LogP contribution is 2.11. The van der Waals surface area contributed by atoms with Crippen LogP contribution in [0.25, 0.3) is 0 Å². The molecule has 1 amide bonds. The Balaban J connectivity index is 2.76. The van der Waals surface area contributed by atoms with Crippen LogP contribution in [0, 0.1) is 10.1 Å². The summed E-state index contributed by atoms with van der Waals surface area (Å²) in [5.74, 6) is -1.72. The van der Waals surface area contributed by atoms with Crippen LogP contribution in [0.2, 0.25) is 0 Å². The van der Waals surface area contributed by atoms with Crippen LogP contribution in [-0.2, 0) is 9.53 Å². The largest absolute Gasteiger partial charge is 0.512 e.